The van der Waals surface area contributed by atoms with Crippen molar-refractivity contribution < 1.29 is 4.74 Å². The van der Waals surface area contributed by atoms with E-state index >= 15 is 0 Å². The number of nitrogens with zero attached hydrogens (tertiary/aromatic N) is 1. The van der Waals surface area contributed by atoms with Crippen molar-refractivity contribution in [2.75, 3.05) is 32.1 Å². The van der Waals surface area contributed by atoms with E-state index in [0.29, 0.717) is 5.02 Å². The highest BCUT2D eigenvalue weighted by atomic mass is 35.5. The lowest BCUT2D eigenvalue weighted by Gasteiger charge is -2.25. The third kappa shape index (κ3) is 2.50. The van der Waals surface area contributed by atoms with E-state index in [1.54, 1.807) is 7.11 Å². The first-order valence-corrected chi connectivity index (χ1v) is 6.23. The van der Waals surface area contributed by atoms with Crippen LogP contribution in [-0.2, 0) is 0 Å². The first-order valence-electron chi connectivity index (χ1n) is 5.85. The SMILES string of the molecule is CNC1(C)CCN(c2ccc(OC)c(Cl)c2)C1. The maximum Gasteiger partial charge on any atom is 0.137 e. The highest BCUT2D eigenvalue weighted by molar-refractivity contribution is 6.32. The lowest BCUT2D eigenvalue weighted by Crippen LogP contribution is -2.42. The van der Waals surface area contributed by atoms with Crippen molar-refractivity contribution in [1.29, 1.82) is 0 Å². The molecule has 4 heteroatoms. The second-order valence-electron chi connectivity index (χ2n) is 4.80. The van der Waals surface area contributed by atoms with Crippen molar-refractivity contribution in [3.05, 3.63) is 23.2 Å². The second kappa shape index (κ2) is 4.75. The Morgan fingerprint density at radius 2 is 2.24 bits per heavy atom. The van der Waals surface area contributed by atoms with Gasteiger partial charge in [-0.25, -0.2) is 0 Å². The van der Waals surface area contributed by atoms with Gasteiger partial charge < -0.3 is 15.0 Å². The molecular formula is C13H19ClN2O. The van der Waals surface area contributed by atoms with Crippen LogP contribution in [0.2, 0.25) is 5.02 Å². The Labute approximate surface area is 108 Å². The van der Waals surface area contributed by atoms with E-state index in [2.05, 4.69) is 23.2 Å². The monoisotopic (exact) mass is 254 g/mol. The molecule has 1 aliphatic heterocycles. The first-order chi connectivity index (χ1) is 8.08. The minimum atomic E-state index is 0.201. The molecule has 1 aromatic carbocycles. The number of halogens is 1. The van der Waals surface area contributed by atoms with Crippen LogP contribution in [0.25, 0.3) is 0 Å². The summed E-state index contributed by atoms with van der Waals surface area (Å²) >= 11 is 6.15. The molecule has 1 N–H and O–H groups in total. The van der Waals surface area contributed by atoms with E-state index in [4.69, 9.17) is 16.3 Å². The van der Waals surface area contributed by atoms with E-state index < -0.39 is 0 Å². The quantitative estimate of drug-likeness (QED) is 0.897. The Morgan fingerprint density at radius 1 is 1.47 bits per heavy atom. The largest absolute Gasteiger partial charge is 0.495 e. The number of likely N-dealkylation sites (N-methyl/N-ethyl adjacent to an activating group) is 1. The van der Waals surface area contributed by atoms with Crippen molar-refractivity contribution in [1.82, 2.24) is 5.32 Å². The second-order valence-corrected chi connectivity index (χ2v) is 5.21. The molecular weight excluding hydrogens is 236 g/mol. The van der Waals surface area contributed by atoms with Crippen molar-refractivity contribution in [2.45, 2.75) is 18.9 Å². The summed E-state index contributed by atoms with van der Waals surface area (Å²) < 4.78 is 5.16. The maximum absolute atomic E-state index is 6.15. The van der Waals surface area contributed by atoms with Crippen LogP contribution in [0.1, 0.15) is 13.3 Å². The number of ether oxygens (including phenoxy) is 1. The van der Waals surface area contributed by atoms with Crippen molar-refractivity contribution in [3.8, 4) is 5.75 Å². The molecule has 1 atom stereocenters. The van der Waals surface area contributed by atoms with Gasteiger partial charge in [-0.1, -0.05) is 11.6 Å². The summed E-state index contributed by atoms with van der Waals surface area (Å²) in [5, 5.41) is 4.05. The van der Waals surface area contributed by atoms with E-state index in [0.717, 1.165) is 30.9 Å². The number of anilines is 1. The van der Waals surface area contributed by atoms with E-state index in [1.165, 1.54) is 0 Å². The van der Waals surface area contributed by atoms with Gasteiger partial charge in [-0.15, -0.1) is 0 Å². The molecule has 3 nitrogen and oxygen atoms in total. The zero-order chi connectivity index (χ0) is 12.5. The third-order valence-corrected chi connectivity index (χ3v) is 3.87. The molecule has 0 radical (unpaired) electrons. The molecule has 1 saturated heterocycles. The number of hydrogen-bond acceptors (Lipinski definition) is 3. The van der Waals surface area contributed by atoms with Gasteiger partial charge in [0.1, 0.15) is 5.75 Å². The molecule has 1 heterocycles. The highest BCUT2D eigenvalue weighted by Gasteiger charge is 2.32. The van der Waals surface area contributed by atoms with Gasteiger partial charge in [0, 0.05) is 24.3 Å². The molecule has 1 fully saturated rings. The van der Waals surface area contributed by atoms with Gasteiger partial charge in [-0.05, 0) is 38.6 Å². The van der Waals surface area contributed by atoms with Gasteiger partial charge in [0.25, 0.3) is 0 Å². The average Bonchev–Trinajstić information content (AvgIpc) is 2.73. The zero-order valence-corrected chi connectivity index (χ0v) is 11.3. The molecule has 94 valence electrons. The summed E-state index contributed by atoms with van der Waals surface area (Å²) in [6.45, 7) is 4.31. The standard InChI is InChI=1S/C13H19ClN2O/c1-13(15-2)6-7-16(9-13)10-4-5-12(17-3)11(14)8-10/h4-5,8,15H,6-7,9H2,1-3H3. The predicted molar refractivity (Wildman–Crippen MR) is 72.3 cm³/mol. The fraction of sp³-hybridized carbons (Fsp3) is 0.538. The summed E-state index contributed by atoms with van der Waals surface area (Å²) in [5.41, 5.74) is 1.36. The van der Waals surface area contributed by atoms with Crippen LogP contribution in [0.5, 0.6) is 5.75 Å². The van der Waals surface area contributed by atoms with Gasteiger partial charge in [0.05, 0.1) is 12.1 Å². The van der Waals surface area contributed by atoms with E-state index in [-0.39, 0.29) is 5.54 Å². The average molecular weight is 255 g/mol. The van der Waals surface area contributed by atoms with E-state index in [9.17, 15) is 0 Å². The minimum absolute atomic E-state index is 0.201. The molecule has 0 amide bonds. The molecule has 1 aromatic rings. The van der Waals surface area contributed by atoms with Crippen LogP contribution in [0.3, 0.4) is 0 Å². The van der Waals surface area contributed by atoms with Crippen molar-refractivity contribution >= 4 is 17.3 Å². The molecule has 0 saturated carbocycles. The summed E-state index contributed by atoms with van der Waals surface area (Å²) in [7, 11) is 3.65. The van der Waals surface area contributed by atoms with E-state index in [1.807, 2.05) is 19.2 Å². The van der Waals surface area contributed by atoms with Crippen LogP contribution >= 0.6 is 11.6 Å². The molecule has 0 aliphatic carbocycles. The Morgan fingerprint density at radius 3 is 2.76 bits per heavy atom. The predicted octanol–water partition coefficient (Wildman–Crippen LogP) is 2.54. The van der Waals surface area contributed by atoms with Gasteiger partial charge >= 0.3 is 0 Å². The lowest BCUT2D eigenvalue weighted by atomic mass is 10.0. The summed E-state index contributed by atoms with van der Waals surface area (Å²) in [6.07, 6.45) is 1.15. The summed E-state index contributed by atoms with van der Waals surface area (Å²) in [5.74, 6) is 0.728. The highest BCUT2D eigenvalue weighted by Crippen LogP contribution is 2.32. The number of methoxy groups -OCH3 is 1. The summed E-state index contributed by atoms with van der Waals surface area (Å²) in [6, 6.07) is 5.96. The van der Waals surface area contributed by atoms with Gasteiger partial charge in [-0.3, -0.25) is 0 Å². The van der Waals surface area contributed by atoms with Crippen LogP contribution in [0.4, 0.5) is 5.69 Å². The van der Waals surface area contributed by atoms with Crippen molar-refractivity contribution in [2.24, 2.45) is 0 Å². The van der Waals surface area contributed by atoms with Crippen LogP contribution in [0.15, 0.2) is 18.2 Å². The number of rotatable bonds is 3. The number of nitrogens with one attached hydrogen (secondary N) is 1. The van der Waals surface area contributed by atoms with Crippen LogP contribution < -0.4 is 15.0 Å². The Hall–Kier alpha value is -0.930. The smallest absolute Gasteiger partial charge is 0.137 e. The van der Waals surface area contributed by atoms with Gasteiger partial charge in [-0.2, -0.15) is 0 Å². The normalized spacial score (nSPS) is 24.1. The molecule has 0 bridgehead atoms. The molecule has 2 rings (SSSR count). The third-order valence-electron chi connectivity index (χ3n) is 3.58. The summed E-state index contributed by atoms with van der Waals surface area (Å²) in [4.78, 5) is 2.35. The lowest BCUT2D eigenvalue weighted by molar-refractivity contribution is 0.415. The van der Waals surface area contributed by atoms with Crippen molar-refractivity contribution in [3.63, 3.8) is 0 Å². The Bertz CT molecular complexity index is 410. The number of benzene rings is 1. The Balaban J connectivity index is 2.17. The molecule has 1 unspecified atom stereocenters. The fourth-order valence-corrected chi connectivity index (χ4v) is 2.49. The molecule has 1 aliphatic rings. The zero-order valence-electron chi connectivity index (χ0n) is 10.6. The molecule has 17 heavy (non-hydrogen) atoms. The number of hydrogen-bond donors (Lipinski definition) is 1. The van der Waals surface area contributed by atoms with Crippen LogP contribution in [0, 0.1) is 0 Å². The minimum Gasteiger partial charge on any atom is -0.495 e. The van der Waals surface area contributed by atoms with Gasteiger partial charge in [0.15, 0.2) is 0 Å². The van der Waals surface area contributed by atoms with Crippen LogP contribution in [-0.4, -0.2) is 32.8 Å². The molecule has 0 aromatic heterocycles. The topological polar surface area (TPSA) is 24.5 Å². The van der Waals surface area contributed by atoms with Gasteiger partial charge in [0.2, 0.25) is 0 Å². The molecule has 0 spiro atoms. The first kappa shape index (κ1) is 12.5. The fourth-order valence-electron chi connectivity index (χ4n) is 2.24. The maximum atomic E-state index is 6.15. The Kier molecular flexibility index (Phi) is 3.50.